The number of methoxy groups -OCH3 is 1. The number of thiol groups is 1. The Morgan fingerprint density at radius 3 is 2.84 bits per heavy atom. The highest BCUT2D eigenvalue weighted by Gasteiger charge is 2.28. The van der Waals surface area contributed by atoms with Gasteiger partial charge in [0.2, 0.25) is 0 Å². The highest BCUT2D eigenvalue weighted by Crippen LogP contribution is 2.33. The molecule has 2 aromatic heterocycles. The fourth-order valence-electron chi connectivity index (χ4n) is 4.84. The summed E-state index contributed by atoms with van der Waals surface area (Å²) in [5.41, 5.74) is 4.15. The molecule has 8 nitrogen and oxygen atoms in total. The topological polar surface area (TPSA) is 79.7 Å². The number of rotatable bonds is 10. The highest BCUT2D eigenvalue weighted by atomic mass is 32.1. The Hall–Kier alpha value is -2.43. The van der Waals surface area contributed by atoms with E-state index in [4.69, 9.17) is 24.0 Å². The molecule has 0 radical (unpaired) electrons. The first-order chi connectivity index (χ1) is 18.1. The molecule has 1 aromatic carbocycles. The summed E-state index contributed by atoms with van der Waals surface area (Å²) >= 11 is 4.62. The first-order valence-corrected chi connectivity index (χ1v) is 13.5. The van der Waals surface area contributed by atoms with Gasteiger partial charge < -0.3 is 24.3 Å². The van der Waals surface area contributed by atoms with Gasteiger partial charge >= 0.3 is 0 Å². The van der Waals surface area contributed by atoms with Crippen molar-refractivity contribution >= 4 is 18.3 Å². The van der Waals surface area contributed by atoms with E-state index in [9.17, 15) is 0 Å². The van der Waals surface area contributed by atoms with E-state index in [1.807, 2.05) is 35.3 Å². The molecule has 4 atom stereocenters. The standard InChI is InChI=1S/C28H36N4O4S/c1-19(20-6-9-24(26(37)15-20)30-18-33-2)23-12-13-32(31-23)27-11-7-21(16-29-27)25-10-8-22(36-25)17-35-28-5-3-4-14-34-28/h6-7,9,11-13,15-16,19,22,25,28,30,37H,3-5,8,10,14,17-18H2,1-2H3. The minimum Gasteiger partial charge on any atom is -0.368 e. The summed E-state index contributed by atoms with van der Waals surface area (Å²) in [4.78, 5) is 5.55. The SMILES string of the molecule is COCNc1ccc(C(C)c2ccn(-c3ccc(C4CCC(COC5CCCCO5)O4)cn3)n2)cc1S. The molecule has 0 amide bonds. The molecule has 0 saturated carbocycles. The van der Waals surface area contributed by atoms with E-state index < -0.39 is 0 Å². The van der Waals surface area contributed by atoms with Crippen LogP contribution in [0, 0.1) is 0 Å². The van der Waals surface area contributed by atoms with Crippen LogP contribution >= 0.6 is 12.6 Å². The number of benzene rings is 1. The molecule has 9 heteroatoms. The van der Waals surface area contributed by atoms with Gasteiger partial charge in [-0.05, 0) is 67.5 Å². The van der Waals surface area contributed by atoms with Crippen molar-refractivity contribution in [1.82, 2.24) is 14.8 Å². The number of aromatic nitrogens is 3. The molecule has 2 aliphatic heterocycles. The Bertz CT molecular complexity index is 1150. The zero-order valence-electron chi connectivity index (χ0n) is 21.5. The predicted octanol–water partition coefficient (Wildman–Crippen LogP) is 5.49. The van der Waals surface area contributed by atoms with Crippen molar-refractivity contribution in [2.45, 2.75) is 68.3 Å². The van der Waals surface area contributed by atoms with Gasteiger partial charge in [-0.3, -0.25) is 0 Å². The van der Waals surface area contributed by atoms with Crippen molar-refractivity contribution < 1.29 is 18.9 Å². The first kappa shape index (κ1) is 26.2. The molecule has 4 unspecified atom stereocenters. The van der Waals surface area contributed by atoms with Crippen molar-refractivity contribution in [1.29, 1.82) is 0 Å². The second kappa shape index (κ2) is 12.4. The number of hydrogen-bond donors (Lipinski definition) is 2. The highest BCUT2D eigenvalue weighted by molar-refractivity contribution is 7.80. The molecule has 2 aliphatic rings. The van der Waals surface area contributed by atoms with Crippen LogP contribution in [-0.4, -0.2) is 54.2 Å². The third-order valence-corrected chi connectivity index (χ3v) is 7.44. The van der Waals surface area contributed by atoms with Gasteiger partial charge in [0.1, 0.15) is 6.73 Å². The molecule has 0 bridgehead atoms. The zero-order valence-corrected chi connectivity index (χ0v) is 22.4. The van der Waals surface area contributed by atoms with E-state index in [-0.39, 0.29) is 24.4 Å². The van der Waals surface area contributed by atoms with Crippen molar-refractivity contribution in [3.8, 4) is 5.82 Å². The number of nitrogens with one attached hydrogen (secondary N) is 1. The number of pyridine rings is 1. The quantitative estimate of drug-likeness (QED) is 0.268. The average Bonchev–Trinajstić information content (AvgIpc) is 3.62. The van der Waals surface area contributed by atoms with Crippen LogP contribution in [0.25, 0.3) is 5.82 Å². The van der Waals surface area contributed by atoms with E-state index in [0.717, 1.165) is 65.5 Å². The van der Waals surface area contributed by atoms with Crippen LogP contribution in [0.1, 0.15) is 67.9 Å². The number of ether oxygens (including phenoxy) is 4. The summed E-state index contributed by atoms with van der Waals surface area (Å²) in [7, 11) is 1.66. The first-order valence-electron chi connectivity index (χ1n) is 13.1. The zero-order chi connectivity index (χ0) is 25.6. The predicted molar refractivity (Wildman–Crippen MR) is 144 cm³/mol. The number of anilines is 1. The lowest BCUT2D eigenvalue weighted by atomic mass is 9.98. The Balaban J connectivity index is 1.17. The molecule has 0 spiro atoms. The maximum atomic E-state index is 6.25. The summed E-state index contributed by atoms with van der Waals surface area (Å²) in [6.07, 6.45) is 9.16. The summed E-state index contributed by atoms with van der Waals surface area (Å²) in [5.74, 6) is 0.900. The Morgan fingerprint density at radius 1 is 1.16 bits per heavy atom. The summed E-state index contributed by atoms with van der Waals surface area (Å²) < 4.78 is 24.7. The molecule has 37 heavy (non-hydrogen) atoms. The Labute approximate surface area is 224 Å². The smallest absolute Gasteiger partial charge is 0.157 e. The summed E-state index contributed by atoms with van der Waals surface area (Å²) in [5, 5.41) is 7.99. The van der Waals surface area contributed by atoms with Gasteiger partial charge in [0.15, 0.2) is 12.1 Å². The lowest BCUT2D eigenvalue weighted by molar-refractivity contribution is -0.178. The van der Waals surface area contributed by atoms with Gasteiger partial charge in [0, 0.05) is 42.6 Å². The molecule has 198 valence electrons. The molecule has 2 saturated heterocycles. The largest absolute Gasteiger partial charge is 0.368 e. The van der Waals surface area contributed by atoms with Crippen molar-refractivity contribution in [3.05, 3.63) is 65.6 Å². The van der Waals surface area contributed by atoms with Crippen molar-refractivity contribution in [2.75, 3.05) is 32.4 Å². The molecule has 1 N–H and O–H groups in total. The summed E-state index contributed by atoms with van der Waals surface area (Å²) in [6.45, 7) is 3.97. The fraction of sp³-hybridized carbons (Fsp3) is 0.500. The minimum absolute atomic E-state index is 0.0485. The van der Waals surface area contributed by atoms with Gasteiger partial charge in [-0.1, -0.05) is 19.1 Å². The van der Waals surface area contributed by atoms with Gasteiger partial charge in [-0.25, -0.2) is 9.67 Å². The average molecular weight is 525 g/mol. The molecule has 3 aromatic rings. The third kappa shape index (κ3) is 6.53. The molecule has 2 fully saturated rings. The molecule has 5 rings (SSSR count). The van der Waals surface area contributed by atoms with Crippen LogP contribution in [0.2, 0.25) is 0 Å². The monoisotopic (exact) mass is 524 g/mol. The third-order valence-electron chi connectivity index (χ3n) is 7.07. The molecule has 4 heterocycles. The van der Waals surface area contributed by atoms with Crippen molar-refractivity contribution in [2.24, 2.45) is 0 Å². The van der Waals surface area contributed by atoms with Crippen LogP contribution in [0.3, 0.4) is 0 Å². The van der Waals surface area contributed by atoms with Crippen LogP contribution in [0.15, 0.2) is 53.7 Å². The second-order valence-corrected chi connectivity index (χ2v) is 10.2. The fourth-order valence-corrected chi connectivity index (χ4v) is 5.14. The second-order valence-electron chi connectivity index (χ2n) is 9.70. The van der Waals surface area contributed by atoms with E-state index in [1.165, 1.54) is 6.42 Å². The molecular weight excluding hydrogens is 488 g/mol. The lowest BCUT2D eigenvalue weighted by Crippen LogP contribution is -2.26. The van der Waals surface area contributed by atoms with Crippen LogP contribution in [0.4, 0.5) is 5.69 Å². The molecular formula is C28H36N4O4S. The molecule has 0 aliphatic carbocycles. The van der Waals surface area contributed by atoms with Gasteiger partial charge in [0.05, 0.1) is 24.5 Å². The number of hydrogen-bond acceptors (Lipinski definition) is 8. The van der Waals surface area contributed by atoms with Crippen LogP contribution in [-0.2, 0) is 18.9 Å². The Kier molecular flexibility index (Phi) is 8.78. The summed E-state index contributed by atoms with van der Waals surface area (Å²) in [6, 6.07) is 12.3. The maximum absolute atomic E-state index is 6.25. The van der Waals surface area contributed by atoms with Gasteiger partial charge in [-0.2, -0.15) is 5.10 Å². The van der Waals surface area contributed by atoms with E-state index in [2.05, 4.69) is 48.1 Å². The minimum atomic E-state index is -0.0729. The van der Waals surface area contributed by atoms with Gasteiger partial charge in [0.25, 0.3) is 0 Å². The van der Waals surface area contributed by atoms with E-state index in [1.54, 1.807) is 7.11 Å². The number of nitrogens with zero attached hydrogens (tertiary/aromatic N) is 3. The van der Waals surface area contributed by atoms with E-state index in [0.29, 0.717) is 13.3 Å². The van der Waals surface area contributed by atoms with Crippen LogP contribution in [0.5, 0.6) is 0 Å². The maximum Gasteiger partial charge on any atom is 0.157 e. The normalized spacial score (nSPS) is 22.7. The van der Waals surface area contributed by atoms with Crippen molar-refractivity contribution in [3.63, 3.8) is 0 Å². The lowest BCUT2D eigenvalue weighted by Gasteiger charge is -2.24. The van der Waals surface area contributed by atoms with E-state index >= 15 is 0 Å². The Morgan fingerprint density at radius 2 is 2.08 bits per heavy atom. The van der Waals surface area contributed by atoms with Gasteiger partial charge in [-0.15, -0.1) is 12.6 Å². The van der Waals surface area contributed by atoms with Crippen LogP contribution < -0.4 is 5.32 Å².